The Morgan fingerprint density at radius 2 is 0.944 bits per heavy atom. The van der Waals surface area contributed by atoms with Gasteiger partial charge in [-0.15, -0.1) is 0 Å². The molecule has 0 heterocycles. The summed E-state index contributed by atoms with van der Waals surface area (Å²) in [5, 5.41) is 0. The van der Waals surface area contributed by atoms with Gasteiger partial charge in [0, 0.05) is 12.6 Å². The lowest BCUT2D eigenvalue weighted by atomic mass is 10.1. The summed E-state index contributed by atoms with van der Waals surface area (Å²) in [5.74, 6) is 1.66. The van der Waals surface area contributed by atoms with Gasteiger partial charge in [0.25, 0.3) is 0 Å². The molecule has 0 spiro atoms. The van der Waals surface area contributed by atoms with E-state index in [1.54, 1.807) is 0 Å². The van der Waals surface area contributed by atoms with Gasteiger partial charge in [-0.3, -0.25) is 0 Å². The van der Waals surface area contributed by atoms with Gasteiger partial charge in [-0.2, -0.15) is 0 Å². The largest absolute Gasteiger partial charge is 0.490 e. The van der Waals surface area contributed by atoms with E-state index in [1.807, 2.05) is 18.2 Å². The monoisotopic (exact) mass is 504 g/mol. The Morgan fingerprint density at radius 1 is 0.556 bits per heavy atom. The van der Waals surface area contributed by atoms with Crippen LogP contribution in [0.3, 0.4) is 0 Å². The second-order valence-corrected chi connectivity index (χ2v) is 10.6. The fourth-order valence-electron chi connectivity index (χ4n) is 4.67. The van der Waals surface area contributed by atoms with Gasteiger partial charge < -0.3 is 20.9 Å². The van der Waals surface area contributed by atoms with Crippen molar-refractivity contribution in [1.82, 2.24) is 0 Å². The molecule has 1 unspecified atom stereocenters. The van der Waals surface area contributed by atoms with E-state index in [1.165, 1.54) is 116 Å². The molecule has 1 rings (SSSR count). The molecule has 0 bridgehead atoms. The quantitative estimate of drug-likeness (QED) is 0.123. The fraction of sp³-hybridized carbons (Fsp3) is 0.812. The van der Waals surface area contributed by atoms with Gasteiger partial charge in [0.1, 0.15) is 0 Å². The summed E-state index contributed by atoms with van der Waals surface area (Å²) in [6.45, 7) is 6.45. The van der Waals surface area contributed by atoms with Crippen molar-refractivity contribution in [3.05, 3.63) is 23.8 Å². The first-order chi connectivity index (χ1) is 17.7. The Kier molecular flexibility index (Phi) is 21.9. The molecule has 1 aromatic carbocycles. The van der Waals surface area contributed by atoms with Gasteiger partial charge in [-0.25, -0.2) is 0 Å². The molecule has 4 N–H and O–H groups in total. The number of hydrogen-bond acceptors (Lipinski definition) is 4. The predicted octanol–water partition coefficient (Wildman–Crippen LogP) is 9.24. The standard InChI is InChI=1S/C32H60N2O2/c1-3-5-7-9-11-13-15-17-19-21-25-35-31-24-23-29(30(34)28-33)27-32(31)36-26-22-20-18-16-14-12-10-8-6-4-2/h23-24,27,30H,3-22,25-26,28,33-34H2,1-2H3. The van der Waals surface area contributed by atoms with Crippen LogP contribution < -0.4 is 20.9 Å². The van der Waals surface area contributed by atoms with Crippen molar-refractivity contribution in [2.45, 2.75) is 148 Å². The number of unbranched alkanes of at least 4 members (excludes halogenated alkanes) is 18. The average Bonchev–Trinajstić information content (AvgIpc) is 2.90. The first-order valence-electron chi connectivity index (χ1n) is 15.6. The minimum atomic E-state index is -0.166. The molecule has 0 amide bonds. The van der Waals surface area contributed by atoms with Crippen LogP contribution in [0.25, 0.3) is 0 Å². The van der Waals surface area contributed by atoms with E-state index < -0.39 is 0 Å². The number of hydrogen-bond donors (Lipinski definition) is 2. The Morgan fingerprint density at radius 3 is 1.36 bits per heavy atom. The third kappa shape index (κ3) is 17.2. The van der Waals surface area contributed by atoms with Gasteiger partial charge >= 0.3 is 0 Å². The summed E-state index contributed by atoms with van der Waals surface area (Å²) in [6, 6.07) is 5.90. The van der Waals surface area contributed by atoms with Crippen LogP contribution in [0.1, 0.15) is 154 Å². The summed E-state index contributed by atoms with van der Waals surface area (Å²) >= 11 is 0. The highest BCUT2D eigenvalue weighted by Gasteiger charge is 2.11. The van der Waals surface area contributed by atoms with Gasteiger partial charge in [-0.1, -0.05) is 135 Å². The smallest absolute Gasteiger partial charge is 0.161 e. The maximum absolute atomic E-state index is 6.17. The minimum Gasteiger partial charge on any atom is -0.490 e. The van der Waals surface area contributed by atoms with Crippen molar-refractivity contribution < 1.29 is 9.47 Å². The molecule has 0 aromatic heterocycles. The molecule has 36 heavy (non-hydrogen) atoms. The Bertz CT molecular complexity index is 608. The minimum absolute atomic E-state index is 0.166. The summed E-state index contributed by atoms with van der Waals surface area (Å²) in [5.41, 5.74) is 13.0. The number of ether oxygens (including phenoxy) is 2. The second-order valence-electron chi connectivity index (χ2n) is 10.6. The van der Waals surface area contributed by atoms with E-state index in [9.17, 15) is 0 Å². The van der Waals surface area contributed by atoms with Crippen LogP contribution in [-0.2, 0) is 0 Å². The molecular formula is C32H60N2O2. The van der Waals surface area contributed by atoms with E-state index in [2.05, 4.69) is 13.8 Å². The molecule has 0 aliphatic heterocycles. The lowest BCUT2D eigenvalue weighted by Gasteiger charge is -2.16. The Balaban J connectivity index is 2.26. The van der Waals surface area contributed by atoms with E-state index in [-0.39, 0.29) is 6.04 Å². The third-order valence-electron chi connectivity index (χ3n) is 7.16. The number of benzene rings is 1. The molecule has 0 saturated heterocycles. The van der Waals surface area contributed by atoms with Crippen molar-refractivity contribution in [3.63, 3.8) is 0 Å². The Labute approximate surface area is 224 Å². The average molecular weight is 505 g/mol. The topological polar surface area (TPSA) is 70.5 Å². The number of rotatable bonds is 26. The van der Waals surface area contributed by atoms with Crippen molar-refractivity contribution in [2.24, 2.45) is 11.5 Å². The van der Waals surface area contributed by atoms with Gasteiger partial charge in [0.05, 0.1) is 13.2 Å². The van der Waals surface area contributed by atoms with E-state index in [0.29, 0.717) is 6.54 Å². The Hall–Kier alpha value is -1.26. The van der Waals surface area contributed by atoms with Crippen molar-refractivity contribution in [3.8, 4) is 11.5 Å². The molecule has 0 saturated carbocycles. The fourth-order valence-corrected chi connectivity index (χ4v) is 4.67. The second kappa shape index (κ2) is 24.1. The van der Waals surface area contributed by atoms with Crippen molar-refractivity contribution >= 4 is 0 Å². The highest BCUT2D eigenvalue weighted by atomic mass is 16.5. The summed E-state index contributed by atoms with van der Waals surface area (Å²) in [4.78, 5) is 0. The van der Waals surface area contributed by atoms with E-state index in [4.69, 9.17) is 20.9 Å². The summed E-state index contributed by atoms with van der Waals surface area (Å²) in [6.07, 6.45) is 26.6. The maximum atomic E-state index is 6.17. The zero-order chi connectivity index (χ0) is 26.1. The lowest BCUT2D eigenvalue weighted by Crippen LogP contribution is -2.20. The highest BCUT2D eigenvalue weighted by Crippen LogP contribution is 2.31. The zero-order valence-corrected chi connectivity index (χ0v) is 24.0. The van der Waals surface area contributed by atoms with Gasteiger partial charge in [-0.05, 0) is 30.5 Å². The maximum Gasteiger partial charge on any atom is 0.161 e. The molecule has 4 nitrogen and oxygen atoms in total. The highest BCUT2D eigenvalue weighted by molar-refractivity contribution is 5.44. The van der Waals surface area contributed by atoms with Crippen LogP contribution in [0.5, 0.6) is 11.5 Å². The van der Waals surface area contributed by atoms with Crippen LogP contribution in [-0.4, -0.2) is 19.8 Å². The molecule has 4 heteroatoms. The van der Waals surface area contributed by atoms with Crippen LogP contribution in [0.4, 0.5) is 0 Å². The van der Waals surface area contributed by atoms with E-state index >= 15 is 0 Å². The first kappa shape index (κ1) is 32.8. The number of nitrogens with two attached hydrogens (primary N) is 2. The molecule has 1 atom stereocenters. The van der Waals surface area contributed by atoms with Gasteiger partial charge in [0.2, 0.25) is 0 Å². The molecular weight excluding hydrogens is 444 g/mol. The van der Waals surface area contributed by atoms with Gasteiger partial charge in [0.15, 0.2) is 11.5 Å². The molecule has 1 aromatic rings. The SMILES string of the molecule is CCCCCCCCCCCCOc1ccc(C(N)CN)cc1OCCCCCCCCCCCC. The molecule has 210 valence electrons. The van der Waals surface area contributed by atoms with Crippen molar-refractivity contribution in [2.75, 3.05) is 19.8 Å². The third-order valence-corrected chi connectivity index (χ3v) is 7.16. The summed E-state index contributed by atoms with van der Waals surface area (Å²) in [7, 11) is 0. The molecule has 0 aliphatic carbocycles. The first-order valence-corrected chi connectivity index (χ1v) is 15.6. The van der Waals surface area contributed by atoms with Crippen molar-refractivity contribution in [1.29, 1.82) is 0 Å². The van der Waals surface area contributed by atoms with Crippen LogP contribution in [0.15, 0.2) is 18.2 Å². The van der Waals surface area contributed by atoms with Crippen LogP contribution >= 0.6 is 0 Å². The molecule has 0 radical (unpaired) electrons. The molecule has 0 aliphatic rings. The predicted molar refractivity (Wildman–Crippen MR) is 157 cm³/mol. The molecule has 0 fully saturated rings. The normalized spacial score (nSPS) is 12.1. The van der Waals surface area contributed by atoms with Crippen LogP contribution in [0.2, 0.25) is 0 Å². The summed E-state index contributed by atoms with van der Waals surface area (Å²) < 4.78 is 12.3. The lowest BCUT2D eigenvalue weighted by molar-refractivity contribution is 0.258. The van der Waals surface area contributed by atoms with Crippen LogP contribution in [0, 0.1) is 0 Å². The zero-order valence-electron chi connectivity index (χ0n) is 24.0. The van der Waals surface area contributed by atoms with E-state index in [0.717, 1.165) is 43.1 Å².